The van der Waals surface area contributed by atoms with E-state index in [1.165, 1.54) is 18.3 Å². The van der Waals surface area contributed by atoms with E-state index in [1.54, 1.807) is 0 Å². The van der Waals surface area contributed by atoms with Crippen LogP contribution in [0.5, 0.6) is 0 Å². The van der Waals surface area contributed by atoms with Crippen LogP contribution in [0.15, 0.2) is 24.4 Å². The molecular weight excluding hydrogens is 401 g/mol. The number of likely N-dealkylation sites (N-methyl/N-ethyl adjacent to an activating group) is 1. The molecule has 5 nitrogen and oxygen atoms in total. The van der Waals surface area contributed by atoms with E-state index in [4.69, 9.17) is 6.42 Å². The van der Waals surface area contributed by atoms with E-state index >= 15 is 0 Å². The van der Waals surface area contributed by atoms with Crippen molar-refractivity contribution in [3.8, 4) is 12.3 Å². The van der Waals surface area contributed by atoms with Gasteiger partial charge in [-0.2, -0.15) is 13.2 Å². The molecule has 3 rings (SSSR count). The van der Waals surface area contributed by atoms with Gasteiger partial charge in [-0.05, 0) is 24.2 Å². The van der Waals surface area contributed by atoms with Crippen LogP contribution in [-0.4, -0.2) is 53.4 Å². The molecular formula is C20H21F3N4OS. The van der Waals surface area contributed by atoms with Crippen molar-refractivity contribution in [2.75, 3.05) is 38.0 Å². The molecule has 1 aromatic heterocycles. The number of halogens is 3. The van der Waals surface area contributed by atoms with Gasteiger partial charge in [0.05, 0.1) is 16.6 Å². The second-order valence-corrected chi connectivity index (χ2v) is 7.74. The summed E-state index contributed by atoms with van der Waals surface area (Å²) in [6.45, 7) is 6.32. The highest BCUT2D eigenvalue weighted by Crippen LogP contribution is 2.33. The van der Waals surface area contributed by atoms with Crippen molar-refractivity contribution in [2.45, 2.75) is 19.6 Å². The Kier molecular flexibility index (Phi) is 6.57. The SMILES string of the molecule is C#Cc1cnc(NC(=O)c2ccc(CN3CCN(CC)CC3)c(C(F)(F)F)c2)s1. The normalized spacial score (nSPS) is 15.8. The lowest BCUT2D eigenvalue weighted by atomic mass is 10.0. The summed E-state index contributed by atoms with van der Waals surface area (Å²) in [5.41, 5.74) is -0.691. The van der Waals surface area contributed by atoms with Gasteiger partial charge in [0.15, 0.2) is 5.13 Å². The molecule has 0 aliphatic carbocycles. The average Bonchev–Trinajstić information content (AvgIpc) is 3.15. The summed E-state index contributed by atoms with van der Waals surface area (Å²) < 4.78 is 40.9. The number of benzene rings is 1. The third kappa shape index (κ3) is 5.35. The van der Waals surface area contributed by atoms with Crippen LogP contribution in [0.2, 0.25) is 0 Å². The largest absolute Gasteiger partial charge is 0.416 e. The molecule has 9 heteroatoms. The molecule has 1 aliphatic rings. The van der Waals surface area contributed by atoms with E-state index in [9.17, 15) is 18.0 Å². The number of alkyl halides is 3. The fourth-order valence-corrected chi connectivity index (χ4v) is 3.81. The Labute approximate surface area is 171 Å². The van der Waals surface area contributed by atoms with Crippen LogP contribution in [-0.2, 0) is 12.7 Å². The highest BCUT2D eigenvalue weighted by molar-refractivity contribution is 7.16. The molecule has 1 aromatic carbocycles. The smallest absolute Gasteiger partial charge is 0.301 e. The maximum absolute atomic E-state index is 13.6. The molecule has 154 valence electrons. The summed E-state index contributed by atoms with van der Waals surface area (Å²) in [5, 5.41) is 2.74. The van der Waals surface area contributed by atoms with E-state index < -0.39 is 17.6 Å². The Balaban J connectivity index is 1.77. The standard InChI is InChI=1S/C20H21F3N4OS/c1-3-16-12-24-19(29-16)25-18(28)14-5-6-15(17(11-14)20(21,22)23)13-27-9-7-26(4-2)8-10-27/h1,5-6,11-12H,4,7-10,13H2,2H3,(H,24,25,28). The number of carbonyl (C=O) groups excluding carboxylic acids is 1. The summed E-state index contributed by atoms with van der Waals surface area (Å²) in [6.07, 6.45) is 2.13. The first kappa shape index (κ1) is 21.3. The number of piperazine rings is 1. The molecule has 0 spiro atoms. The number of hydrogen-bond acceptors (Lipinski definition) is 5. The third-order valence-electron chi connectivity index (χ3n) is 4.85. The van der Waals surface area contributed by atoms with Crippen molar-refractivity contribution in [2.24, 2.45) is 0 Å². The van der Waals surface area contributed by atoms with Gasteiger partial charge in [-0.1, -0.05) is 30.2 Å². The molecule has 1 N–H and O–H groups in total. The first-order valence-electron chi connectivity index (χ1n) is 9.18. The Hall–Kier alpha value is -2.41. The monoisotopic (exact) mass is 422 g/mol. The van der Waals surface area contributed by atoms with Gasteiger partial charge in [-0.15, -0.1) is 6.42 Å². The second-order valence-electron chi connectivity index (χ2n) is 6.71. The summed E-state index contributed by atoms with van der Waals surface area (Å²) in [6, 6.07) is 3.71. The number of carbonyl (C=O) groups is 1. The molecule has 0 unspecified atom stereocenters. The summed E-state index contributed by atoms with van der Waals surface area (Å²) in [5.74, 6) is 1.73. The summed E-state index contributed by atoms with van der Waals surface area (Å²) in [7, 11) is 0. The highest BCUT2D eigenvalue weighted by atomic mass is 32.1. The van der Waals surface area contributed by atoms with Crippen LogP contribution in [0.4, 0.5) is 18.3 Å². The van der Waals surface area contributed by atoms with E-state index in [0.717, 1.165) is 50.1 Å². The molecule has 2 heterocycles. The summed E-state index contributed by atoms with van der Waals surface area (Å²) in [4.78, 5) is 21.1. The topological polar surface area (TPSA) is 48.5 Å². The molecule has 0 atom stereocenters. The Morgan fingerprint density at radius 1 is 1.28 bits per heavy atom. The molecule has 1 aliphatic heterocycles. The van der Waals surface area contributed by atoms with Crippen LogP contribution >= 0.6 is 11.3 Å². The number of nitrogens with one attached hydrogen (secondary N) is 1. The molecule has 1 amide bonds. The predicted octanol–water partition coefficient (Wildman–Crippen LogP) is 3.53. The number of terminal acetylenes is 1. The highest BCUT2D eigenvalue weighted by Gasteiger charge is 2.34. The zero-order chi connectivity index (χ0) is 21.0. The van der Waals surface area contributed by atoms with Gasteiger partial charge < -0.3 is 4.90 Å². The molecule has 1 saturated heterocycles. The maximum atomic E-state index is 13.6. The van der Waals surface area contributed by atoms with Crippen molar-refractivity contribution in [3.63, 3.8) is 0 Å². The van der Waals surface area contributed by atoms with Crippen LogP contribution in [0.1, 0.15) is 33.3 Å². The van der Waals surface area contributed by atoms with Crippen LogP contribution in [0.25, 0.3) is 0 Å². The van der Waals surface area contributed by atoms with Gasteiger partial charge in [0.2, 0.25) is 0 Å². The minimum atomic E-state index is -4.55. The van der Waals surface area contributed by atoms with Gasteiger partial charge in [0.1, 0.15) is 0 Å². The Bertz CT molecular complexity index is 911. The van der Waals surface area contributed by atoms with Crippen molar-refractivity contribution in [1.82, 2.24) is 14.8 Å². The zero-order valence-electron chi connectivity index (χ0n) is 15.9. The van der Waals surface area contributed by atoms with Crippen LogP contribution in [0, 0.1) is 12.3 Å². The molecule has 0 bridgehead atoms. The average molecular weight is 422 g/mol. The third-order valence-corrected chi connectivity index (χ3v) is 5.70. The fourth-order valence-electron chi connectivity index (χ4n) is 3.19. The summed E-state index contributed by atoms with van der Waals surface area (Å²) >= 11 is 1.08. The first-order valence-corrected chi connectivity index (χ1v) is 10.0. The number of hydrogen-bond donors (Lipinski definition) is 1. The minimum Gasteiger partial charge on any atom is -0.301 e. The predicted molar refractivity (Wildman–Crippen MR) is 107 cm³/mol. The molecule has 29 heavy (non-hydrogen) atoms. The van der Waals surface area contributed by atoms with Crippen molar-refractivity contribution in [3.05, 3.63) is 46.0 Å². The number of aromatic nitrogens is 1. The lowest BCUT2D eigenvalue weighted by Crippen LogP contribution is -2.45. The zero-order valence-corrected chi connectivity index (χ0v) is 16.7. The van der Waals surface area contributed by atoms with Crippen molar-refractivity contribution >= 4 is 22.4 Å². The minimum absolute atomic E-state index is 0.0747. The van der Waals surface area contributed by atoms with E-state index in [1.807, 2.05) is 4.90 Å². The van der Waals surface area contributed by atoms with Gasteiger partial charge in [-0.3, -0.25) is 15.0 Å². The number of nitrogens with zero attached hydrogens (tertiary/aromatic N) is 3. The molecule has 0 saturated carbocycles. The van der Waals surface area contributed by atoms with Gasteiger partial charge in [0, 0.05) is 38.3 Å². The Morgan fingerprint density at radius 3 is 2.55 bits per heavy atom. The quantitative estimate of drug-likeness (QED) is 0.749. The van der Waals surface area contributed by atoms with Crippen LogP contribution in [0.3, 0.4) is 0 Å². The maximum Gasteiger partial charge on any atom is 0.416 e. The first-order chi connectivity index (χ1) is 13.8. The van der Waals surface area contributed by atoms with Gasteiger partial charge >= 0.3 is 6.18 Å². The lowest BCUT2D eigenvalue weighted by molar-refractivity contribution is -0.138. The number of anilines is 1. The fraction of sp³-hybridized carbons (Fsp3) is 0.400. The van der Waals surface area contributed by atoms with Crippen molar-refractivity contribution in [1.29, 1.82) is 0 Å². The number of rotatable bonds is 5. The van der Waals surface area contributed by atoms with E-state index in [0.29, 0.717) is 4.88 Å². The second kappa shape index (κ2) is 8.95. The Morgan fingerprint density at radius 2 is 1.97 bits per heavy atom. The molecule has 2 aromatic rings. The van der Waals surface area contributed by atoms with Crippen LogP contribution < -0.4 is 5.32 Å². The molecule has 0 radical (unpaired) electrons. The molecule has 1 fully saturated rings. The number of thiazole rings is 1. The lowest BCUT2D eigenvalue weighted by Gasteiger charge is -2.34. The van der Waals surface area contributed by atoms with E-state index in [-0.39, 0.29) is 22.8 Å². The van der Waals surface area contributed by atoms with E-state index in [2.05, 4.69) is 28.0 Å². The van der Waals surface area contributed by atoms with Gasteiger partial charge in [0.25, 0.3) is 5.91 Å². The van der Waals surface area contributed by atoms with Crippen molar-refractivity contribution < 1.29 is 18.0 Å². The van der Waals surface area contributed by atoms with Gasteiger partial charge in [-0.25, -0.2) is 4.98 Å². The number of amides is 1.